The van der Waals surface area contributed by atoms with Crippen molar-refractivity contribution >= 4 is 55.7 Å². The topological polar surface area (TPSA) is 110 Å². The monoisotopic (exact) mass is 466 g/mol. The summed E-state index contributed by atoms with van der Waals surface area (Å²) >= 11 is 1.46. The number of benzene rings is 1. The van der Waals surface area contributed by atoms with Crippen LogP contribution in [0, 0.1) is 5.95 Å². The number of anilines is 3. The highest BCUT2D eigenvalue weighted by molar-refractivity contribution is 7.21. The molecule has 0 radical (unpaired) electrons. The summed E-state index contributed by atoms with van der Waals surface area (Å²) in [5.41, 5.74) is 1.57. The molecule has 5 heterocycles. The maximum absolute atomic E-state index is 14.1. The zero-order valence-corrected chi connectivity index (χ0v) is 18.2. The van der Waals surface area contributed by atoms with Crippen molar-refractivity contribution in [2.75, 3.05) is 36.9 Å². The minimum absolute atomic E-state index is 0.0552. The Bertz CT molecular complexity index is 1390. The van der Waals surface area contributed by atoms with Crippen LogP contribution in [0.3, 0.4) is 0 Å². The lowest BCUT2D eigenvalue weighted by molar-refractivity contribution is 0.0962. The molecule has 168 valence electrons. The van der Waals surface area contributed by atoms with Crippen LogP contribution in [0.25, 0.3) is 21.0 Å². The molecular weight excluding hydrogens is 447 g/mol. The lowest BCUT2D eigenvalue weighted by atomic mass is 10.1. The van der Waals surface area contributed by atoms with Crippen LogP contribution in [0.1, 0.15) is 16.1 Å². The van der Waals surface area contributed by atoms with Crippen molar-refractivity contribution in [2.24, 2.45) is 0 Å². The van der Waals surface area contributed by atoms with E-state index in [9.17, 15) is 9.18 Å². The van der Waals surface area contributed by atoms with Gasteiger partial charge in [0.25, 0.3) is 5.91 Å². The van der Waals surface area contributed by atoms with Crippen molar-refractivity contribution in [2.45, 2.75) is 12.5 Å². The summed E-state index contributed by atoms with van der Waals surface area (Å²) in [6, 6.07) is 8.72. The number of rotatable bonds is 4. The molecule has 2 aliphatic rings. The minimum atomic E-state index is -0.700. The fraction of sp³-hybridized carbons (Fsp3) is 0.273. The van der Waals surface area contributed by atoms with Crippen LogP contribution in [0.2, 0.25) is 0 Å². The van der Waals surface area contributed by atoms with Gasteiger partial charge in [0, 0.05) is 35.0 Å². The van der Waals surface area contributed by atoms with Crippen LogP contribution in [-0.4, -0.2) is 53.3 Å². The standard InChI is InChI=1S/C22H19FN6O3S/c23-15-9-17(32-11-5-8-31-10-11)29-22(27-15)28-16-4-1-12-13(26-16)2-3-14-18(12)19-20(33-14)21(30)25-7-6-24-19/h1-4,9,11,24H,5-8,10H2,(H,25,30)(H,26,27,28,29)/t11-/m0/s1. The first-order valence-electron chi connectivity index (χ1n) is 10.6. The molecule has 1 atom stereocenters. The largest absolute Gasteiger partial charge is 0.472 e. The molecule has 0 aliphatic carbocycles. The SMILES string of the molecule is O=C1NCCNc2c1sc1ccc3nc(Nc4nc(F)cc(O[C@H]5CCOC5)n4)ccc3c21. The number of carbonyl (C=O) groups is 1. The summed E-state index contributed by atoms with van der Waals surface area (Å²) < 4.78 is 26.1. The van der Waals surface area contributed by atoms with Crippen LogP contribution in [-0.2, 0) is 4.74 Å². The molecule has 6 rings (SSSR count). The van der Waals surface area contributed by atoms with Crippen LogP contribution in [0.5, 0.6) is 5.88 Å². The van der Waals surface area contributed by atoms with Crippen molar-refractivity contribution in [3.8, 4) is 5.88 Å². The van der Waals surface area contributed by atoms with Gasteiger partial charge in [-0.15, -0.1) is 11.3 Å². The van der Waals surface area contributed by atoms with Crippen LogP contribution >= 0.6 is 11.3 Å². The number of hydrogen-bond acceptors (Lipinski definition) is 9. The van der Waals surface area contributed by atoms with E-state index in [2.05, 4.69) is 30.9 Å². The third-order valence-electron chi connectivity index (χ3n) is 5.53. The maximum atomic E-state index is 14.1. The molecule has 1 aromatic carbocycles. The second kappa shape index (κ2) is 8.09. The van der Waals surface area contributed by atoms with E-state index in [1.807, 2.05) is 18.2 Å². The van der Waals surface area contributed by atoms with E-state index in [0.29, 0.717) is 37.0 Å². The normalized spacial score (nSPS) is 18.0. The zero-order valence-electron chi connectivity index (χ0n) is 17.4. The average molecular weight is 466 g/mol. The van der Waals surface area contributed by atoms with Gasteiger partial charge in [-0.1, -0.05) is 0 Å². The zero-order chi connectivity index (χ0) is 22.4. The summed E-state index contributed by atoms with van der Waals surface area (Å²) in [5, 5.41) is 11.1. The Kier molecular flexibility index (Phi) is 4.92. The second-order valence-corrected chi connectivity index (χ2v) is 8.82. The highest BCUT2D eigenvalue weighted by Gasteiger charge is 2.22. The third kappa shape index (κ3) is 3.79. The van der Waals surface area contributed by atoms with Gasteiger partial charge < -0.3 is 25.4 Å². The molecule has 3 N–H and O–H groups in total. The number of nitrogens with one attached hydrogen (secondary N) is 3. The number of fused-ring (bicyclic) bond motifs is 5. The molecule has 1 fully saturated rings. The highest BCUT2D eigenvalue weighted by Crippen LogP contribution is 2.40. The van der Waals surface area contributed by atoms with Crippen molar-refractivity contribution in [1.82, 2.24) is 20.3 Å². The molecule has 11 heteroatoms. The fourth-order valence-electron chi connectivity index (χ4n) is 4.05. The van der Waals surface area contributed by atoms with Crippen molar-refractivity contribution in [3.05, 3.63) is 41.2 Å². The van der Waals surface area contributed by atoms with E-state index in [0.717, 1.165) is 39.2 Å². The van der Waals surface area contributed by atoms with E-state index < -0.39 is 5.95 Å². The van der Waals surface area contributed by atoms with Crippen LogP contribution in [0.15, 0.2) is 30.3 Å². The molecule has 0 spiro atoms. The molecule has 9 nitrogen and oxygen atoms in total. The van der Waals surface area contributed by atoms with Gasteiger partial charge in [-0.3, -0.25) is 4.79 Å². The van der Waals surface area contributed by atoms with E-state index in [1.165, 1.54) is 11.3 Å². The Morgan fingerprint density at radius 1 is 1.15 bits per heavy atom. The summed E-state index contributed by atoms with van der Waals surface area (Å²) in [6.45, 7) is 2.30. The van der Waals surface area contributed by atoms with E-state index in [-0.39, 0.29) is 23.8 Å². The number of aromatic nitrogens is 3. The lowest BCUT2D eigenvalue weighted by Gasteiger charge is -2.12. The van der Waals surface area contributed by atoms with Gasteiger partial charge in [-0.2, -0.15) is 14.4 Å². The van der Waals surface area contributed by atoms with Gasteiger partial charge in [-0.05, 0) is 24.3 Å². The Morgan fingerprint density at radius 3 is 2.94 bits per heavy atom. The molecule has 0 unspecified atom stereocenters. The average Bonchev–Trinajstić information content (AvgIpc) is 3.40. The molecule has 3 aromatic heterocycles. The molecule has 1 saturated heterocycles. The van der Waals surface area contributed by atoms with Crippen molar-refractivity contribution < 1.29 is 18.7 Å². The van der Waals surface area contributed by atoms with Crippen LogP contribution < -0.4 is 20.7 Å². The van der Waals surface area contributed by atoms with Gasteiger partial charge in [0.2, 0.25) is 17.8 Å². The summed E-state index contributed by atoms with van der Waals surface area (Å²) in [6.07, 6.45) is 0.586. The molecule has 0 saturated carbocycles. The van der Waals surface area contributed by atoms with E-state index >= 15 is 0 Å². The fourth-order valence-corrected chi connectivity index (χ4v) is 5.16. The first kappa shape index (κ1) is 20.1. The number of ether oxygens (including phenoxy) is 2. The maximum Gasteiger partial charge on any atom is 0.263 e. The summed E-state index contributed by atoms with van der Waals surface area (Å²) in [7, 11) is 0. The van der Waals surface area contributed by atoms with Gasteiger partial charge in [-0.25, -0.2) is 4.98 Å². The highest BCUT2D eigenvalue weighted by atomic mass is 32.1. The molecule has 0 bridgehead atoms. The lowest BCUT2D eigenvalue weighted by Crippen LogP contribution is -2.24. The predicted molar refractivity (Wildman–Crippen MR) is 123 cm³/mol. The Morgan fingerprint density at radius 2 is 2.06 bits per heavy atom. The summed E-state index contributed by atoms with van der Waals surface area (Å²) in [5.74, 6) is -0.0993. The third-order valence-corrected chi connectivity index (χ3v) is 6.68. The number of halogens is 1. The Labute approximate surface area is 191 Å². The molecule has 4 aromatic rings. The molecule has 2 aliphatic heterocycles. The Balaban J connectivity index is 1.34. The predicted octanol–water partition coefficient (Wildman–Crippen LogP) is 3.45. The number of thiophene rings is 1. The number of nitrogens with zero attached hydrogens (tertiary/aromatic N) is 3. The van der Waals surface area contributed by atoms with E-state index in [4.69, 9.17) is 9.47 Å². The van der Waals surface area contributed by atoms with Gasteiger partial charge in [0.15, 0.2) is 0 Å². The van der Waals surface area contributed by atoms with Gasteiger partial charge >= 0.3 is 0 Å². The number of amides is 1. The van der Waals surface area contributed by atoms with Crippen molar-refractivity contribution in [1.29, 1.82) is 0 Å². The number of carbonyl (C=O) groups excluding carboxylic acids is 1. The second-order valence-electron chi connectivity index (χ2n) is 7.77. The smallest absolute Gasteiger partial charge is 0.263 e. The molecule has 33 heavy (non-hydrogen) atoms. The number of pyridine rings is 1. The molecular formula is C22H19FN6O3S. The minimum Gasteiger partial charge on any atom is -0.472 e. The Hall–Kier alpha value is -3.57. The van der Waals surface area contributed by atoms with Gasteiger partial charge in [0.1, 0.15) is 16.8 Å². The first-order valence-corrected chi connectivity index (χ1v) is 11.4. The molecule has 1 amide bonds. The number of hydrogen-bond donors (Lipinski definition) is 3. The van der Waals surface area contributed by atoms with Gasteiger partial charge in [0.05, 0.1) is 30.5 Å². The van der Waals surface area contributed by atoms with E-state index in [1.54, 1.807) is 6.07 Å². The van der Waals surface area contributed by atoms with Crippen LogP contribution in [0.4, 0.5) is 21.8 Å². The van der Waals surface area contributed by atoms with Crippen molar-refractivity contribution in [3.63, 3.8) is 0 Å². The summed E-state index contributed by atoms with van der Waals surface area (Å²) in [4.78, 5) is 25.8. The first-order chi connectivity index (χ1) is 16.1. The quantitative estimate of drug-likeness (QED) is 0.393.